The monoisotopic (exact) mass is 230 g/mol. The zero-order chi connectivity index (χ0) is 12.1. The third-order valence-corrected chi connectivity index (χ3v) is 3.30. The molecule has 0 saturated carbocycles. The van der Waals surface area contributed by atoms with Crippen LogP contribution in [0.2, 0.25) is 0 Å². The zero-order valence-corrected chi connectivity index (χ0v) is 10.7. The van der Waals surface area contributed by atoms with E-state index >= 15 is 0 Å². The van der Waals surface area contributed by atoms with Crippen molar-refractivity contribution in [3.8, 4) is 0 Å². The summed E-state index contributed by atoms with van der Waals surface area (Å²) in [6, 6.07) is 8.24. The molecule has 0 spiro atoms. The Balaban J connectivity index is 1.74. The molecule has 17 heavy (non-hydrogen) atoms. The van der Waals surface area contributed by atoms with Crippen LogP contribution in [-0.4, -0.2) is 24.5 Å². The molecule has 2 N–H and O–H groups in total. The molecule has 1 aliphatic heterocycles. The molecule has 0 amide bonds. The Morgan fingerprint density at radius 3 is 3.00 bits per heavy atom. The van der Waals surface area contributed by atoms with Gasteiger partial charge in [0.15, 0.2) is 0 Å². The molecule has 92 valence electrons. The maximum absolute atomic E-state index is 5.77. The van der Waals surface area contributed by atoms with Crippen molar-refractivity contribution in [3.05, 3.63) is 41.5 Å². The summed E-state index contributed by atoms with van der Waals surface area (Å²) in [5, 5.41) is 0. The molecule has 0 aliphatic carbocycles. The number of benzene rings is 1. The standard InChI is InChI=1S/C15H22N2/c1-13-5-3-9-17(12-13)10-4-7-14-6-2-8-15(16)11-14/h2,5-6,8,11H,3-4,7,9-10,12,16H2,1H3. The summed E-state index contributed by atoms with van der Waals surface area (Å²) in [5.74, 6) is 0. The van der Waals surface area contributed by atoms with E-state index in [1.165, 1.54) is 37.1 Å². The Labute approximate surface area is 104 Å². The fourth-order valence-corrected chi connectivity index (χ4v) is 2.44. The van der Waals surface area contributed by atoms with Crippen molar-refractivity contribution in [2.45, 2.75) is 26.2 Å². The third-order valence-electron chi connectivity index (χ3n) is 3.30. The fraction of sp³-hybridized carbons (Fsp3) is 0.467. The first kappa shape index (κ1) is 12.2. The highest BCUT2D eigenvalue weighted by Gasteiger charge is 2.08. The molecular formula is C15H22N2. The summed E-state index contributed by atoms with van der Waals surface area (Å²) in [4.78, 5) is 2.54. The molecular weight excluding hydrogens is 208 g/mol. The molecule has 1 heterocycles. The molecule has 0 atom stereocenters. The van der Waals surface area contributed by atoms with E-state index in [1.807, 2.05) is 12.1 Å². The molecule has 0 fully saturated rings. The number of nitrogens with zero attached hydrogens (tertiary/aromatic N) is 1. The minimum atomic E-state index is 0.874. The molecule has 0 aromatic heterocycles. The molecule has 2 nitrogen and oxygen atoms in total. The maximum Gasteiger partial charge on any atom is 0.0316 e. The van der Waals surface area contributed by atoms with E-state index < -0.39 is 0 Å². The van der Waals surface area contributed by atoms with Gasteiger partial charge in [0, 0.05) is 18.8 Å². The van der Waals surface area contributed by atoms with Crippen LogP contribution in [-0.2, 0) is 6.42 Å². The van der Waals surface area contributed by atoms with Crippen LogP contribution in [0.3, 0.4) is 0 Å². The Morgan fingerprint density at radius 1 is 1.35 bits per heavy atom. The predicted octanol–water partition coefficient (Wildman–Crippen LogP) is 2.85. The van der Waals surface area contributed by atoms with Gasteiger partial charge in [-0.1, -0.05) is 23.8 Å². The Kier molecular flexibility index (Phi) is 4.21. The van der Waals surface area contributed by atoms with Gasteiger partial charge in [0.25, 0.3) is 0 Å². The number of nitrogens with two attached hydrogens (primary N) is 1. The summed E-state index contributed by atoms with van der Waals surface area (Å²) in [5.41, 5.74) is 9.52. The fourth-order valence-electron chi connectivity index (χ4n) is 2.44. The maximum atomic E-state index is 5.77. The number of hydrogen-bond donors (Lipinski definition) is 1. The van der Waals surface area contributed by atoms with Crippen LogP contribution < -0.4 is 5.73 Å². The summed E-state index contributed by atoms with van der Waals surface area (Å²) in [7, 11) is 0. The average Bonchev–Trinajstić information content (AvgIpc) is 2.29. The average molecular weight is 230 g/mol. The Bertz CT molecular complexity index is 396. The highest BCUT2D eigenvalue weighted by Crippen LogP contribution is 2.12. The van der Waals surface area contributed by atoms with Crippen LogP contribution in [0.25, 0.3) is 0 Å². The number of nitrogen functional groups attached to an aromatic ring is 1. The zero-order valence-electron chi connectivity index (χ0n) is 10.7. The van der Waals surface area contributed by atoms with Crippen LogP contribution in [0.1, 0.15) is 25.3 Å². The minimum absolute atomic E-state index is 0.874. The first-order valence-corrected chi connectivity index (χ1v) is 6.46. The molecule has 0 bridgehead atoms. The van der Waals surface area contributed by atoms with Crippen LogP contribution in [0.15, 0.2) is 35.9 Å². The van der Waals surface area contributed by atoms with Gasteiger partial charge in [0.2, 0.25) is 0 Å². The lowest BCUT2D eigenvalue weighted by Crippen LogP contribution is -2.30. The lowest BCUT2D eigenvalue weighted by Gasteiger charge is -2.25. The second-order valence-electron chi connectivity index (χ2n) is 4.96. The van der Waals surface area contributed by atoms with Crippen molar-refractivity contribution in [2.75, 3.05) is 25.4 Å². The SMILES string of the molecule is CC1=CCCN(CCCc2cccc(N)c2)C1. The van der Waals surface area contributed by atoms with E-state index in [0.717, 1.165) is 18.7 Å². The molecule has 2 rings (SSSR count). The van der Waals surface area contributed by atoms with E-state index in [1.54, 1.807) is 0 Å². The molecule has 0 radical (unpaired) electrons. The van der Waals surface area contributed by atoms with Gasteiger partial charge in [-0.2, -0.15) is 0 Å². The molecule has 0 unspecified atom stereocenters. The molecule has 1 aliphatic rings. The highest BCUT2D eigenvalue weighted by atomic mass is 15.1. The summed E-state index contributed by atoms with van der Waals surface area (Å²) >= 11 is 0. The number of anilines is 1. The topological polar surface area (TPSA) is 29.3 Å². The van der Waals surface area contributed by atoms with E-state index in [0.29, 0.717) is 0 Å². The lowest BCUT2D eigenvalue weighted by molar-refractivity contribution is 0.287. The van der Waals surface area contributed by atoms with E-state index in [9.17, 15) is 0 Å². The van der Waals surface area contributed by atoms with Crippen molar-refractivity contribution in [3.63, 3.8) is 0 Å². The Hall–Kier alpha value is -1.28. The predicted molar refractivity (Wildman–Crippen MR) is 74.0 cm³/mol. The molecule has 1 aromatic carbocycles. The van der Waals surface area contributed by atoms with Gasteiger partial charge in [-0.25, -0.2) is 0 Å². The third kappa shape index (κ3) is 3.90. The first-order valence-electron chi connectivity index (χ1n) is 6.46. The summed E-state index contributed by atoms with van der Waals surface area (Å²) in [6.45, 7) is 5.79. The number of rotatable bonds is 4. The Morgan fingerprint density at radius 2 is 2.24 bits per heavy atom. The van der Waals surface area contributed by atoms with E-state index in [-0.39, 0.29) is 0 Å². The van der Waals surface area contributed by atoms with Gasteiger partial charge >= 0.3 is 0 Å². The molecule has 2 heteroatoms. The van der Waals surface area contributed by atoms with Crippen molar-refractivity contribution >= 4 is 5.69 Å². The van der Waals surface area contributed by atoms with E-state index in [4.69, 9.17) is 5.73 Å². The normalized spacial score (nSPS) is 16.9. The van der Waals surface area contributed by atoms with Crippen LogP contribution in [0.5, 0.6) is 0 Å². The van der Waals surface area contributed by atoms with Gasteiger partial charge < -0.3 is 5.73 Å². The van der Waals surface area contributed by atoms with Gasteiger partial charge in [-0.15, -0.1) is 0 Å². The first-order chi connectivity index (χ1) is 8.24. The van der Waals surface area contributed by atoms with Crippen LogP contribution >= 0.6 is 0 Å². The van der Waals surface area contributed by atoms with Gasteiger partial charge in [0.1, 0.15) is 0 Å². The quantitative estimate of drug-likeness (QED) is 0.636. The smallest absolute Gasteiger partial charge is 0.0316 e. The molecule has 1 aromatic rings. The van der Waals surface area contributed by atoms with Crippen molar-refractivity contribution in [1.29, 1.82) is 0 Å². The second kappa shape index (κ2) is 5.87. The second-order valence-corrected chi connectivity index (χ2v) is 4.96. The summed E-state index contributed by atoms with van der Waals surface area (Å²) < 4.78 is 0. The van der Waals surface area contributed by atoms with Crippen molar-refractivity contribution in [1.82, 2.24) is 4.90 Å². The van der Waals surface area contributed by atoms with E-state index in [2.05, 4.69) is 30.0 Å². The van der Waals surface area contributed by atoms with Gasteiger partial charge in [0.05, 0.1) is 0 Å². The van der Waals surface area contributed by atoms with Crippen molar-refractivity contribution in [2.24, 2.45) is 0 Å². The summed E-state index contributed by atoms with van der Waals surface area (Å²) in [6.07, 6.45) is 5.92. The van der Waals surface area contributed by atoms with Gasteiger partial charge in [-0.05, 0) is 50.4 Å². The van der Waals surface area contributed by atoms with Crippen LogP contribution in [0, 0.1) is 0 Å². The van der Waals surface area contributed by atoms with Crippen molar-refractivity contribution < 1.29 is 0 Å². The number of aryl methyl sites for hydroxylation is 1. The minimum Gasteiger partial charge on any atom is -0.399 e. The number of hydrogen-bond acceptors (Lipinski definition) is 2. The van der Waals surface area contributed by atoms with Crippen LogP contribution in [0.4, 0.5) is 5.69 Å². The molecule has 0 saturated heterocycles. The lowest BCUT2D eigenvalue weighted by atomic mass is 10.1. The highest BCUT2D eigenvalue weighted by molar-refractivity contribution is 5.40. The van der Waals surface area contributed by atoms with Gasteiger partial charge in [-0.3, -0.25) is 4.90 Å². The largest absolute Gasteiger partial charge is 0.399 e.